The zero-order chi connectivity index (χ0) is 10.3. The van der Waals surface area contributed by atoms with Gasteiger partial charge >= 0.3 is 0 Å². The summed E-state index contributed by atoms with van der Waals surface area (Å²) in [5.41, 5.74) is 1.38. The molecule has 2 rings (SSSR count). The van der Waals surface area contributed by atoms with Crippen molar-refractivity contribution in [3.05, 3.63) is 31.5 Å². The molecule has 0 aliphatic carbocycles. The highest BCUT2D eigenvalue weighted by Crippen LogP contribution is 2.27. The molecule has 0 bridgehead atoms. The number of H-pyrrole nitrogens is 1. The van der Waals surface area contributed by atoms with Gasteiger partial charge in [0.1, 0.15) is 9.22 Å². The second kappa shape index (κ2) is 3.19. The van der Waals surface area contributed by atoms with Crippen LogP contribution in [0.3, 0.4) is 0 Å². The SMILES string of the molecule is Cc1c([N+](=O)[O-])ccc2c(I)[nH]nc12. The fraction of sp³-hybridized carbons (Fsp3) is 0.125. The van der Waals surface area contributed by atoms with Crippen molar-refractivity contribution in [1.82, 2.24) is 10.2 Å². The smallest absolute Gasteiger partial charge is 0.271 e. The van der Waals surface area contributed by atoms with E-state index in [-0.39, 0.29) is 5.69 Å². The fourth-order valence-electron chi connectivity index (χ4n) is 1.37. The number of nitro groups is 1. The van der Waals surface area contributed by atoms with Gasteiger partial charge in [-0.3, -0.25) is 15.2 Å². The van der Waals surface area contributed by atoms with Crippen LogP contribution in [0.4, 0.5) is 5.69 Å². The summed E-state index contributed by atoms with van der Waals surface area (Å²) in [5, 5.41) is 18.4. The Balaban J connectivity index is 2.82. The lowest BCUT2D eigenvalue weighted by atomic mass is 10.1. The van der Waals surface area contributed by atoms with Gasteiger partial charge in [0.15, 0.2) is 0 Å². The summed E-state index contributed by atoms with van der Waals surface area (Å²) < 4.78 is 0.899. The Hall–Kier alpha value is -1.18. The van der Waals surface area contributed by atoms with E-state index >= 15 is 0 Å². The molecule has 72 valence electrons. The Morgan fingerprint density at radius 3 is 2.93 bits per heavy atom. The van der Waals surface area contributed by atoms with E-state index in [9.17, 15) is 10.1 Å². The third-order valence-corrected chi connectivity index (χ3v) is 2.92. The molecule has 6 heteroatoms. The van der Waals surface area contributed by atoms with Crippen molar-refractivity contribution < 1.29 is 4.92 Å². The van der Waals surface area contributed by atoms with Gasteiger partial charge in [-0.05, 0) is 35.6 Å². The van der Waals surface area contributed by atoms with E-state index in [0.29, 0.717) is 11.1 Å². The van der Waals surface area contributed by atoms with Gasteiger partial charge < -0.3 is 0 Å². The molecule has 0 unspecified atom stereocenters. The molecule has 0 fully saturated rings. The molecule has 14 heavy (non-hydrogen) atoms. The quantitative estimate of drug-likeness (QED) is 0.499. The van der Waals surface area contributed by atoms with Crippen molar-refractivity contribution in [2.24, 2.45) is 0 Å². The maximum atomic E-state index is 10.6. The predicted molar refractivity (Wildman–Crippen MR) is 60.2 cm³/mol. The van der Waals surface area contributed by atoms with Crippen LogP contribution in [0.5, 0.6) is 0 Å². The molecule has 1 aromatic carbocycles. The minimum absolute atomic E-state index is 0.111. The van der Waals surface area contributed by atoms with E-state index in [1.165, 1.54) is 6.07 Å². The van der Waals surface area contributed by atoms with E-state index in [1.54, 1.807) is 13.0 Å². The molecule has 1 heterocycles. The highest BCUT2D eigenvalue weighted by atomic mass is 127. The van der Waals surface area contributed by atoms with Gasteiger partial charge in [0, 0.05) is 11.5 Å². The second-order valence-corrected chi connectivity index (χ2v) is 3.98. The van der Waals surface area contributed by atoms with Crippen LogP contribution in [0.25, 0.3) is 10.9 Å². The van der Waals surface area contributed by atoms with Crippen LogP contribution in [0, 0.1) is 20.7 Å². The number of hydrogen-bond donors (Lipinski definition) is 1. The summed E-state index contributed by atoms with van der Waals surface area (Å²) in [6, 6.07) is 3.22. The molecule has 0 atom stereocenters. The first-order valence-corrected chi connectivity index (χ1v) is 4.96. The first kappa shape index (κ1) is 9.38. The van der Waals surface area contributed by atoms with Crippen LogP contribution in [0.15, 0.2) is 12.1 Å². The largest absolute Gasteiger partial charge is 0.274 e. The number of aromatic nitrogens is 2. The minimum Gasteiger partial charge on any atom is -0.271 e. The molecule has 0 aliphatic rings. The number of hydrogen-bond acceptors (Lipinski definition) is 3. The third kappa shape index (κ3) is 1.26. The van der Waals surface area contributed by atoms with Crippen molar-refractivity contribution >= 4 is 39.2 Å². The number of fused-ring (bicyclic) bond motifs is 1. The van der Waals surface area contributed by atoms with Crippen molar-refractivity contribution in [2.45, 2.75) is 6.92 Å². The number of nitrogens with one attached hydrogen (secondary N) is 1. The van der Waals surface area contributed by atoms with Gasteiger partial charge in [0.05, 0.1) is 10.5 Å². The molecular formula is C8H6IN3O2. The standard InChI is InChI=1S/C8H6IN3O2/c1-4-6(12(13)14)3-2-5-7(4)10-11-8(5)9/h2-3H,1H3,(H,10,11). The summed E-state index contributed by atoms with van der Waals surface area (Å²) in [7, 11) is 0. The summed E-state index contributed by atoms with van der Waals surface area (Å²) in [6.07, 6.45) is 0. The van der Waals surface area contributed by atoms with E-state index in [4.69, 9.17) is 0 Å². The number of rotatable bonds is 1. The summed E-state index contributed by atoms with van der Waals surface area (Å²) in [4.78, 5) is 10.2. The molecule has 1 aromatic heterocycles. The molecule has 0 saturated carbocycles. The average Bonchev–Trinajstić information content (AvgIpc) is 2.49. The number of nitro benzene ring substituents is 1. The Morgan fingerprint density at radius 2 is 2.29 bits per heavy atom. The van der Waals surface area contributed by atoms with Crippen LogP contribution in [0.1, 0.15) is 5.56 Å². The van der Waals surface area contributed by atoms with Crippen LogP contribution in [-0.4, -0.2) is 15.1 Å². The average molecular weight is 303 g/mol. The molecule has 0 spiro atoms. The lowest BCUT2D eigenvalue weighted by molar-refractivity contribution is -0.385. The van der Waals surface area contributed by atoms with E-state index in [2.05, 4.69) is 32.8 Å². The lowest BCUT2D eigenvalue weighted by Crippen LogP contribution is -1.91. The summed E-state index contributed by atoms with van der Waals surface area (Å²) >= 11 is 2.11. The van der Waals surface area contributed by atoms with Crippen molar-refractivity contribution in [3.63, 3.8) is 0 Å². The maximum Gasteiger partial charge on any atom is 0.274 e. The number of nitrogens with zero attached hydrogens (tertiary/aromatic N) is 2. The molecule has 1 N–H and O–H groups in total. The summed E-state index contributed by atoms with van der Waals surface area (Å²) in [5.74, 6) is 0. The molecule has 0 aliphatic heterocycles. The second-order valence-electron chi connectivity index (χ2n) is 2.90. The first-order valence-electron chi connectivity index (χ1n) is 3.89. The fourth-order valence-corrected chi connectivity index (χ4v) is 1.93. The molecule has 2 aromatic rings. The van der Waals surface area contributed by atoms with Crippen LogP contribution in [-0.2, 0) is 0 Å². The van der Waals surface area contributed by atoms with E-state index in [0.717, 1.165) is 9.09 Å². The highest BCUT2D eigenvalue weighted by molar-refractivity contribution is 14.1. The van der Waals surface area contributed by atoms with Crippen molar-refractivity contribution in [1.29, 1.82) is 0 Å². The summed E-state index contributed by atoms with van der Waals surface area (Å²) in [6.45, 7) is 1.71. The normalized spacial score (nSPS) is 10.7. The van der Waals surface area contributed by atoms with Gasteiger partial charge in [-0.25, -0.2) is 0 Å². The molecular weight excluding hydrogens is 297 g/mol. The van der Waals surface area contributed by atoms with Gasteiger partial charge in [-0.15, -0.1) is 0 Å². The zero-order valence-corrected chi connectivity index (χ0v) is 9.40. The number of halogens is 1. The predicted octanol–water partition coefficient (Wildman–Crippen LogP) is 2.38. The lowest BCUT2D eigenvalue weighted by Gasteiger charge is -1.96. The highest BCUT2D eigenvalue weighted by Gasteiger charge is 2.15. The number of benzene rings is 1. The van der Waals surface area contributed by atoms with Gasteiger partial charge in [0.25, 0.3) is 5.69 Å². The zero-order valence-electron chi connectivity index (χ0n) is 7.24. The Bertz CT molecular complexity index is 521. The Kier molecular flexibility index (Phi) is 2.14. The molecule has 0 saturated heterocycles. The Morgan fingerprint density at radius 1 is 1.57 bits per heavy atom. The van der Waals surface area contributed by atoms with Crippen LogP contribution in [0.2, 0.25) is 0 Å². The van der Waals surface area contributed by atoms with Crippen molar-refractivity contribution in [2.75, 3.05) is 0 Å². The maximum absolute atomic E-state index is 10.6. The van der Waals surface area contributed by atoms with Gasteiger partial charge in [-0.1, -0.05) is 0 Å². The molecule has 5 nitrogen and oxygen atoms in total. The van der Waals surface area contributed by atoms with Crippen molar-refractivity contribution in [3.8, 4) is 0 Å². The van der Waals surface area contributed by atoms with E-state index < -0.39 is 4.92 Å². The monoisotopic (exact) mass is 303 g/mol. The topological polar surface area (TPSA) is 71.8 Å². The molecule has 0 amide bonds. The van der Waals surface area contributed by atoms with Crippen LogP contribution < -0.4 is 0 Å². The third-order valence-electron chi connectivity index (χ3n) is 2.10. The first-order chi connectivity index (χ1) is 6.61. The van der Waals surface area contributed by atoms with E-state index in [1.807, 2.05) is 0 Å². The Labute approximate surface area is 92.8 Å². The minimum atomic E-state index is -0.393. The van der Waals surface area contributed by atoms with Crippen LogP contribution >= 0.6 is 22.6 Å². The van der Waals surface area contributed by atoms with Gasteiger partial charge in [-0.2, -0.15) is 5.10 Å². The number of aryl methyl sites for hydroxylation is 1. The number of aromatic amines is 1. The van der Waals surface area contributed by atoms with Gasteiger partial charge in [0.2, 0.25) is 0 Å². The molecule has 0 radical (unpaired) electrons.